The van der Waals surface area contributed by atoms with Crippen LogP contribution < -0.4 is 5.32 Å². The van der Waals surface area contributed by atoms with Crippen LogP contribution >= 0.6 is 0 Å². The Bertz CT molecular complexity index is 622. The Kier molecular flexibility index (Phi) is 4.71. The van der Waals surface area contributed by atoms with Gasteiger partial charge in [-0.15, -0.1) is 0 Å². The Morgan fingerprint density at radius 1 is 1.33 bits per heavy atom. The number of aromatic nitrogens is 2. The molecule has 6 heteroatoms. The Labute approximate surface area is 122 Å². The molecule has 1 atom stereocenters. The molecule has 0 bridgehead atoms. The molecule has 0 spiro atoms. The van der Waals surface area contributed by atoms with Crippen LogP contribution in [0, 0.1) is 0 Å². The van der Waals surface area contributed by atoms with Crippen molar-refractivity contribution >= 4 is 11.9 Å². The van der Waals surface area contributed by atoms with Crippen LogP contribution in [0.25, 0.3) is 5.69 Å². The maximum absolute atomic E-state index is 12.3. The molecule has 2 aromatic rings. The molecule has 1 aromatic heterocycles. The predicted molar refractivity (Wildman–Crippen MR) is 77.1 cm³/mol. The fourth-order valence-corrected chi connectivity index (χ4v) is 1.94. The first-order valence-corrected chi connectivity index (χ1v) is 6.57. The van der Waals surface area contributed by atoms with Gasteiger partial charge in [-0.3, -0.25) is 14.2 Å². The van der Waals surface area contributed by atoms with Gasteiger partial charge < -0.3 is 10.1 Å². The summed E-state index contributed by atoms with van der Waals surface area (Å²) in [5.74, 6) is -0.646. The number of amides is 1. The van der Waals surface area contributed by atoms with Gasteiger partial charge in [-0.05, 0) is 19.1 Å². The van der Waals surface area contributed by atoms with Crippen LogP contribution in [0.5, 0.6) is 0 Å². The summed E-state index contributed by atoms with van der Waals surface area (Å²) in [6.07, 6.45) is 3.20. The molecule has 0 aliphatic heterocycles. The first-order chi connectivity index (χ1) is 10.1. The minimum Gasteiger partial charge on any atom is -0.469 e. The van der Waals surface area contributed by atoms with Crippen molar-refractivity contribution in [3.63, 3.8) is 0 Å². The zero-order valence-corrected chi connectivity index (χ0v) is 11.9. The molecule has 0 saturated carbocycles. The molecule has 0 radical (unpaired) electrons. The molecule has 0 aliphatic carbocycles. The zero-order chi connectivity index (χ0) is 15.2. The molecular weight excluding hydrogens is 270 g/mol. The van der Waals surface area contributed by atoms with Gasteiger partial charge in [0.25, 0.3) is 5.91 Å². The van der Waals surface area contributed by atoms with E-state index in [4.69, 9.17) is 0 Å². The number of esters is 1. The highest BCUT2D eigenvalue weighted by Gasteiger charge is 2.17. The number of nitrogens with zero attached hydrogens (tertiary/aromatic N) is 2. The van der Waals surface area contributed by atoms with Gasteiger partial charge >= 0.3 is 5.97 Å². The monoisotopic (exact) mass is 287 g/mol. The Hall–Kier alpha value is -2.63. The van der Waals surface area contributed by atoms with Gasteiger partial charge in [0.15, 0.2) is 0 Å². The average Bonchev–Trinajstić information content (AvgIpc) is 2.97. The number of methoxy groups -OCH3 is 1. The van der Waals surface area contributed by atoms with E-state index < -0.39 is 0 Å². The topological polar surface area (TPSA) is 73.2 Å². The maximum Gasteiger partial charge on any atom is 0.307 e. The van der Waals surface area contributed by atoms with E-state index in [9.17, 15) is 9.59 Å². The van der Waals surface area contributed by atoms with Crippen molar-refractivity contribution < 1.29 is 14.3 Å². The summed E-state index contributed by atoms with van der Waals surface area (Å²) in [5.41, 5.74) is 1.26. The summed E-state index contributed by atoms with van der Waals surface area (Å²) in [4.78, 5) is 27.5. The van der Waals surface area contributed by atoms with Gasteiger partial charge in [-0.25, -0.2) is 4.98 Å². The lowest BCUT2D eigenvalue weighted by atomic mass is 10.2. The zero-order valence-electron chi connectivity index (χ0n) is 11.9. The van der Waals surface area contributed by atoms with Crippen molar-refractivity contribution in [2.75, 3.05) is 7.11 Å². The highest BCUT2D eigenvalue weighted by molar-refractivity contribution is 5.93. The lowest BCUT2D eigenvalue weighted by Crippen LogP contribution is -2.35. The number of nitrogens with one attached hydrogen (secondary N) is 1. The molecule has 21 heavy (non-hydrogen) atoms. The molecule has 6 nitrogen and oxygen atoms in total. The van der Waals surface area contributed by atoms with Gasteiger partial charge in [0, 0.05) is 11.7 Å². The average molecular weight is 287 g/mol. The van der Waals surface area contributed by atoms with Crippen LogP contribution in [0.1, 0.15) is 23.8 Å². The second kappa shape index (κ2) is 6.69. The maximum atomic E-state index is 12.3. The molecular formula is C15H17N3O3. The normalized spacial score (nSPS) is 11.7. The summed E-state index contributed by atoms with van der Waals surface area (Å²) < 4.78 is 6.27. The predicted octanol–water partition coefficient (Wildman–Crippen LogP) is 1.55. The van der Waals surface area contributed by atoms with Crippen LogP contribution in [-0.4, -0.2) is 34.6 Å². The van der Waals surface area contributed by atoms with Crippen LogP contribution in [-0.2, 0) is 9.53 Å². The Morgan fingerprint density at radius 2 is 2.05 bits per heavy atom. The summed E-state index contributed by atoms with van der Waals surface area (Å²) in [7, 11) is 1.32. The van der Waals surface area contributed by atoms with E-state index in [1.54, 1.807) is 17.8 Å². The smallest absolute Gasteiger partial charge is 0.307 e. The van der Waals surface area contributed by atoms with E-state index in [1.807, 2.05) is 30.3 Å². The largest absolute Gasteiger partial charge is 0.469 e. The van der Waals surface area contributed by atoms with Crippen LogP contribution in [0.3, 0.4) is 0 Å². The quantitative estimate of drug-likeness (QED) is 0.847. The highest BCUT2D eigenvalue weighted by Crippen LogP contribution is 2.11. The Morgan fingerprint density at radius 3 is 2.71 bits per heavy atom. The third-order valence-corrected chi connectivity index (χ3v) is 2.98. The van der Waals surface area contributed by atoms with Crippen molar-refractivity contribution in [1.82, 2.24) is 14.9 Å². The number of ether oxygens (including phenoxy) is 1. The molecule has 1 amide bonds. The van der Waals surface area contributed by atoms with E-state index in [-0.39, 0.29) is 24.3 Å². The number of para-hydroxylation sites is 1. The van der Waals surface area contributed by atoms with Crippen molar-refractivity contribution in [1.29, 1.82) is 0 Å². The molecule has 0 fully saturated rings. The molecule has 1 N–H and O–H groups in total. The number of imidazole rings is 1. The molecule has 0 aliphatic rings. The minimum absolute atomic E-state index is 0.127. The lowest BCUT2D eigenvalue weighted by molar-refractivity contribution is -0.141. The lowest BCUT2D eigenvalue weighted by Gasteiger charge is -2.13. The molecule has 1 unspecified atom stereocenters. The molecule has 1 heterocycles. The molecule has 2 rings (SSSR count). The van der Waals surface area contributed by atoms with Crippen LogP contribution in [0.15, 0.2) is 42.9 Å². The van der Waals surface area contributed by atoms with Gasteiger partial charge in [0.1, 0.15) is 5.69 Å². The van der Waals surface area contributed by atoms with E-state index >= 15 is 0 Å². The van der Waals surface area contributed by atoms with Crippen LogP contribution in [0.4, 0.5) is 0 Å². The first-order valence-electron chi connectivity index (χ1n) is 6.57. The number of hydrogen-bond donors (Lipinski definition) is 1. The molecule has 1 aromatic carbocycles. The Balaban J connectivity index is 2.11. The summed E-state index contributed by atoms with van der Waals surface area (Å²) >= 11 is 0. The second-order valence-electron chi connectivity index (χ2n) is 4.64. The summed E-state index contributed by atoms with van der Waals surface area (Å²) in [6, 6.07) is 9.13. The van der Waals surface area contributed by atoms with Gasteiger partial charge in [0.05, 0.1) is 26.1 Å². The van der Waals surface area contributed by atoms with Gasteiger partial charge in [0.2, 0.25) is 0 Å². The SMILES string of the molecule is COC(=O)CC(C)NC(=O)c1cncn1-c1ccccc1. The second-order valence-corrected chi connectivity index (χ2v) is 4.64. The molecule has 0 saturated heterocycles. The highest BCUT2D eigenvalue weighted by atomic mass is 16.5. The van der Waals surface area contributed by atoms with Crippen molar-refractivity contribution in [3.05, 3.63) is 48.5 Å². The summed E-state index contributed by atoms with van der Waals surface area (Å²) in [6.45, 7) is 1.75. The minimum atomic E-state index is -0.362. The number of hydrogen-bond acceptors (Lipinski definition) is 4. The van der Waals surface area contributed by atoms with E-state index in [2.05, 4.69) is 15.0 Å². The fourth-order valence-electron chi connectivity index (χ4n) is 1.94. The van der Waals surface area contributed by atoms with E-state index in [0.717, 1.165) is 5.69 Å². The van der Waals surface area contributed by atoms with Gasteiger partial charge in [-0.1, -0.05) is 18.2 Å². The standard InChI is InChI=1S/C15H17N3O3/c1-11(8-14(19)21-2)17-15(20)13-9-16-10-18(13)12-6-4-3-5-7-12/h3-7,9-11H,8H2,1-2H3,(H,17,20). The number of benzene rings is 1. The van der Waals surface area contributed by atoms with E-state index in [1.165, 1.54) is 13.3 Å². The van der Waals surface area contributed by atoms with E-state index in [0.29, 0.717) is 5.69 Å². The fraction of sp³-hybridized carbons (Fsp3) is 0.267. The third-order valence-electron chi connectivity index (χ3n) is 2.98. The van der Waals surface area contributed by atoms with Crippen molar-refractivity contribution in [2.24, 2.45) is 0 Å². The number of carbonyl (C=O) groups is 2. The van der Waals surface area contributed by atoms with Crippen molar-refractivity contribution in [2.45, 2.75) is 19.4 Å². The number of rotatable bonds is 5. The van der Waals surface area contributed by atoms with Crippen LogP contribution in [0.2, 0.25) is 0 Å². The molecule has 110 valence electrons. The van der Waals surface area contributed by atoms with Gasteiger partial charge in [-0.2, -0.15) is 0 Å². The first kappa shape index (κ1) is 14.8. The summed E-state index contributed by atoms with van der Waals surface area (Å²) in [5, 5.41) is 2.76. The van der Waals surface area contributed by atoms with Crippen molar-refractivity contribution in [3.8, 4) is 5.69 Å². The number of carbonyl (C=O) groups excluding carboxylic acids is 2. The third kappa shape index (κ3) is 3.68.